The number of hydrogen-bond donors (Lipinski definition) is 1. The summed E-state index contributed by atoms with van der Waals surface area (Å²) in [6.45, 7) is 2.68. The molecule has 5 nitrogen and oxygen atoms in total. The van der Waals surface area contributed by atoms with E-state index in [1.807, 2.05) is 30.3 Å². The summed E-state index contributed by atoms with van der Waals surface area (Å²) in [5.41, 5.74) is 0.802. The zero-order valence-electron chi connectivity index (χ0n) is 10.9. The van der Waals surface area contributed by atoms with E-state index >= 15 is 0 Å². The molecule has 0 radical (unpaired) electrons. The fraction of sp³-hybridized carbons (Fsp3) is 0.462. The average Bonchev–Trinajstić information content (AvgIpc) is 2.93. The van der Waals surface area contributed by atoms with Gasteiger partial charge in [-0.15, -0.1) is 0 Å². The maximum atomic E-state index is 12.0. The molecule has 1 atom stereocenters. The summed E-state index contributed by atoms with van der Waals surface area (Å²) in [6.07, 6.45) is 1.70. The molecule has 1 unspecified atom stereocenters. The van der Waals surface area contributed by atoms with E-state index in [0.29, 0.717) is 13.1 Å². The molecule has 2 rings (SSSR count). The van der Waals surface area contributed by atoms with Gasteiger partial charge in [0.25, 0.3) is 0 Å². The normalized spacial score (nSPS) is 18.2. The van der Waals surface area contributed by atoms with Crippen molar-refractivity contribution in [3.8, 4) is 0 Å². The zero-order chi connectivity index (χ0) is 13.9. The van der Waals surface area contributed by atoms with Gasteiger partial charge in [-0.1, -0.05) is 30.3 Å². The number of nitrogens with one attached hydrogen (secondary N) is 1. The number of rotatable bonds is 4. The first-order valence-corrected chi connectivity index (χ1v) is 7.81. The second-order valence-corrected chi connectivity index (χ2v) is 6.38. The van der Waals surface area contributed by atoms with Crippen molar-refractivity contribution in [2.45, 2.75) is 25.7 Å². The Kier molecular flexibility index (Phi) is 4.21. The molecule has 1 fully saturated rings. The molecule has 1 saturated heterocycles. The van der Waals surface area contributed by atoms with Crippen LogP contribution in [0.5, 0.6) is 0 Å². The lowest BCUT2D eigenvalue weighted by Gasteiger charge is -2.18. The van der Waals surface area contributed by atoms with Gasteiger partial charge in [-0.3, -0.25) is 4.79 Å². The Morgan fingerprint density at radius 2 is 1.79 bits per heavy atom. The molecule has 1 heterocycles. The highest BCUT2D eigenvalue weighted by Crippen LogP contribution is 2.16. The van der Waals surface area contributed by atoms with E-state index in [1.165, 1.54) is 4.31 Å². The summed E-state index contributed by atoms with van der Waals surface area (Å²) >= 11 is 0. The Balaban J connectivity index is 2.05. The van der Waals surface area contributed by atoms with Gasteiger partial charge >= 0.3 is 10.2 Å². The molecular weight excluding hydrogens is 264 g/mol. The van der Waals surface area contributed by atoms with Crippen molar-refractivity contribution in [2.75, 3.05) is 13.1 Å². The van der Waals surface area contributed by atoms with E-state index in [-0.39, 0.29) is 0 Å². The smallest absolute Gasteiger partial charge is 0.273 e. The van der Waals surface area contributed by atoms with Crippen LogP contribution >= 0.6 is 0 Å². The number of carbonyl (C=O) groups is 1. The van der Waals surface area contributed by atoms with Crippen molar-refractivity contribution >= 4 is 16.1 Å². The summed E-state index contributed by atoms with van der Waals surface area (Å²) < 4.78 is 27.4. The molecule has 0 bridgehead atoms. The average molecular weight is 282 g/mol. The maximum absolute atomic E-state index is 12.0. The fourth-order valence-corrected chi connectivity index (χ4v) is 3.40. The Bertz CT molecular complexity index is 536. The van der Waals surface area contributed by atoms with Gasteiger partial charge < -0.3 is 0 Å². The van der Waals surface area contributed by atoms with Crippen LogP contribution in [0.2, 0.25) is 0 Å². The van der Waals surface area contributed by atoms with Gasteiger partial charge in [0.1, 0.15) is 0 Å². The van der Waals surface area contributed by atoms with E-state index in [2.05, 4.69) is 4.72 Å². The highest BCUT2D eigenvalue weighted by atomic mass is 32.2. The molecule has 1 aromatic rings. The lowest BCUT2D eigenvalue weighted by molar-refractivity contribution is -0.120. The van der Waals surface area contributed by atoms with Crippen LogP contribution < -0.4 is 4.72 Å². The molecule has 1 N–H and O–H groups in total. The second-order valence-electron chi connectivity index (χ2n) is 4.71. The molecule has 1 amide bonds. The molecule has 0 saturated carbocycles. The minimum absolute atomic E-state index is 0.487. The third-order valence-corrected chi connectivity index (χ3v) is 4.83. The number of hydrogen-bond acceptors (Lipinski definition) is 3. The summed E-state index contributed by atoms with van der Waals surface area (Å²) in [4.78, 5) is 12.0. The molecule has 19 heavy (non-hydrogen) atoms. The molecule has 1 aliphatic rings. The van der Waals surface area contributed by atoms with E-state index in [9.17, 15) is 13.2 Å². The van der Waals surface area contributed by atoms with Crippen LogP contribution in [0, 0.1) is 0 Å². The molecule has 0 spiro atoms. The van der Waals surface area contributed by atoms with Crippen molar-refractivity contribution in [3.63, 3.8) is 0 Å². The fourth-order valence-electron chi connectivity index (χ4n) is 2.10. The molecule has 0 aliphatic carbocycles. The van der Waals surface area contributed by atoms with Gasteiger partial charge in [0, 0.05) is 13.1 Å². The van der Waals surface area contributed by atoms with Crippen molar-refractivity contribution in [3.05, 3.63) is 35.9 Å². The van der Waals surface area contributed by atoms with Crippen LogP contribution in [0.25, 0.3) is 0 Å². The third-order valence-electron chi connectivity index (χ3n) is 3.33. The van der Waals surface area contributed by atoms with Crippen molar-refractivity contribution < 1.29 is 13.2 Å². The summed E-state index contributed by atoms with van der Waals surface area (Å²) in [6, 6.07) is 9.14. The van der Waals surface area contributed by atoms with Crippen LogP contribution in [0.3, 0.4) is 0 Å². The Hall–Kier alpha value is -1.40. The summed E-state index contributed by atoms with van der Waals surface area (Å²) in [7, 11) is -3.68. The molecule has 104 valence electrons. The summed E-state index contributed by atoms with van der Waals surface area (Å²) in [5.74, 6) is -0.975. The SMILES string of the molecule is CC(C(=O)NS(=O)(=O)N1CCCC1)c1ccccc1. The zero-order valence-corrected chi connectivity index (χ0v) is 11.7. The lowest BCUT2D eigenvalue weighted by Crippen LogP contribution is -2.43. The Morgan fingerprint density at radius 1 is 1.21 bits per heavy atom. The first kappa shape index (κ1) is 14.0. The standard InChI is InChI=1S/C13H18N2O3S/c1-11(12-7-3-2-4-8-12)13(16)14-19(17,18)15-9-5-6-10-15/h2-4,7-8,11H,5-6,9-10H2,1H3,(H,14,16). The van der Waals surface area contributed by atoms with Crippen LogP contribution in [-0.2, 0) is 15.0 Å². The highest BCUT2D eigenvalue weighted by molar-refractivity contribution is 7.87. The quantitative estimate of drug-likeness (QED) is 0.903. The number of amides is 1. The summed E-state index contributed by atoms with van der Waals surface area (Å²) in [5, 5.41) is 0. The number of carbonyl (C=O) groups excluding carboxylic acids is 1. The second kappa shape index (κ2) is 5.71. The van der Waals surface area contributed by atoms with Crippen molar-refractivity contribution in [1.82, 2.24) is 9.03 Å². The number of benzene rings is 1. The van der Waals surface area contributed by atoms with Crippen LogP contribution in [0.1, 0.15) is 31.2 Å². The van der Waals surface area contributed by atoms with Crippen LogP contribution in [0.15, 0.2) is 30.3 Å². The van der Waals surface area contributed by atoms with E-state index in [1.54, 1.807) is 6.92 Å². The van der Waals surface area contributed by atoms with Gasteiger partial charge in [0.05, 0.1) is 5.92 Å². The Labute approximate surface area is 113 Å². The monoisotopic (exact) mass is 282 g/mol. The highest BCUT2D eigenvalue weighted by Gasteiger charge is 2.28. The van der Waals surface area contributed by atoms with Crippen molar-refractivity contribution in [1.29, 1.82) is 0 Å². The first-order valence-electron chi connectivity index (χ1n) is 6.37. The topological polar surface area (TPSA) is 66.5 Å². The van der Waals surface area contributed by atoms with E-state index in [0.717, 1.165) is 18.4 Å². The van der Waals surface area contributed by atoms with Gasteiger partial charge in [-0.05, 0) is 25.3 Å². The first-order chi connectivity index (χ1) is 9.00. The molecule has 1 aliphatic heterocycles. The largest absolute Gasteiger partial charge is 0.303 e. The van der Waals surface area contributed by atoms with E-state index in [4.69, 9.17) is 0 Å². The maximum Gasteiger partial charge on any atom is 0.303 e. The van der Waals surface area contributed by atoms with Crippen LogP contribution in [0.4, 0.5) is 0 Å². The lowest BCUT2D eigenvalue weighted by atomic mass is 10.0. The molecule has 0 aromatic heterocycles. The molecule has 1 aromatic carbocycles. The predicted octanol–water partition coefficient (Wildman–Crippen LogP) is 1.25. The number of nitrogens with zero attached hydrogens (tertiary/aromatic N) is 1. The molecular formula is C13H18N2O3S. The van der Waals surface area contributed by atoms with Gasteiger partial charge in [-0.25, -0.2) is 4.72 Å². The van der Waals surface area contributed by atoms with Crippen molar-refractivity contribution in [2.24, 2.45) is 0 Å². The van der Waals surface area contributed by atoms with Gasteiger partial charge in [0.2, 0.25) is 5.91 Å². The Morgan fingerprint density at radius 3 is 2.37 bits per heavy atom. The molecule has 6 heteroatoms. The predicted molar refractivity (Wildman–Crippen MR) is 72.7 cm³/mol. The van der Waals surface area contributed by atoms with Crippen LogP contribution in [-0.4, -0.2) is 31.7 Å². The third kappa shape index (κ3) is 3.33. The minimum Gasteiger partial charge on any atom is -0.273 e. The van der Waals surface area contributed by atoms with E-state index < -0.39 is 22.0 Å². The van der Waals surface area contributed by atoms with Gasteiger partial charge in [0.15, 0.2) is 0 Å². The minimum atomic E-state index is -3.68. The van der Waals surface area contributed by atoms with Gasteiger partial charge in [-0.2, -0.15) is 12.7 Å².